The molecule has 3 aromatic rings. The van der Waals surface area contributed by atoms with E-state index in [-0.39, 0.29) is 164 Å². The number of aliphatic carboxylic acids is 3. The zero-order valence-corrected chi connectivity index (χ0v) is 73.0. The maximum atomic E-state index is 12.3. The summed E-state index contributed by atoms with van der Waals surface area (Å²) in [6.07, 6.45) is 6.16. The van der Waals surface area contributed by atoms with Gasteiger partial charge in [-0.25, -0.2) is 19.2 Å². The number of amides is 1. The van der Waals surface area contributed by atoms with Crippen LogP contribution < -0.4 is 20.5 Å². The van der Waals surface area contributed by atoms with Crippen molar-refractivity contribution in [2.24, 2.45) is 58.0 Å². The van der Waals surface area contributed by atoms with Gasteiger partial charge in [0.25, 0.3) is 29.6 Å². The summed E-state index contributed by atoms with van der Waals surface area (Å²) in [7, 11) is 0. The predicted octanol–water partition coefficient (Wildman–Crippen LogP) is 16.9. The predicted molar refractivity (Wildman–Crippen MR) is 438 cm³/mol. The molecule has 0 spiro atoms. The smallest absolute Gasteiger partial charge is 0.508 e. The van der Waals surface area contributed by atoms with Crippen LogP contribution in [0, 0.1) is 82.6 Å². The van der Waals surface area contributed by atoms with Gasteiger partial charge in [0.2, 0.25) is 0 Å². The molecule has 0 bridgehead atoms. The number of halogens is 3. The van der Waals surface area contributed by atoms with Gasteiger partial charge in [0.1, 0.15) is 17.2 Å². The molecule has 4 unspecified atom stereocenters. The lowest BCUT2D eigenvalue weighted by Crippen LogP contribution is -2.42. The number of phenolic OH excluding ortho intramolecular Hbond substituents is 1. The number of non-ortho nitro benzene ring substituents is 3. The monoisotopic (exact) mass is 1780 g/mol. The summed E-state index contributed by atoms with van der Waals surface area (Å²) in [6.45, 7) is 25.6. The molecule has 5 rings (SSSR count). The van der Waals surface area contributed by atoms with E-state index >= 15 is 0 Å². The summed E-state index contributed by atoms with van der Waals surface area (Å²) < 4.78 is 54.3. The van der Waals surface area contributed by atoms with E-state index in [1.807, 2.05) is 13.8 Å². The minimum Gasteiger partial charge on any atom is -0.508 e. The largest absolute Gasteiger partial charge is 0.516 e. The summed E-state index contributed by atoms with van der Waals surface area (Å²) in [6, 6.07) is 14.9. The Hall–Kier alpha value is -10.5. The number of carbonyl (C=O) groups excluding carboxylic acids is 9. The molecule has 4 atom stereocenters. The molecule has 0 radical (unpaired) electrons. The molecule has 7 N–H and O–H groups in total. The highest BCUT2D eigenvalue weighted by molar-refractivity contribution is 6.61. The second-order valence-corrected chi connectivity index (χ2v) is 31.0. The van der Waals surface area contributed by atoms with Crippen molar-refractivity contribution >= 4 is 123 Å². The Labute approximate surface area is 717 Å². The second kappa shape index (κ2) is 61.8. The number of hydrogen-bond donors (Lipinski definition) is 6. The Kier molecular flexibility index (Phi) is 57.5. The number of benzene rings is 3. The van der Waals surface area contributed by atoms with E-state index in [4.69, 9.17) is 103 Å². The van der Waals surface area contributed by atoms with E-state index in [9.17, 15) is 93.0 Å². The van der Waals surface area contributed by atoms with Crippen molar-refractivity contribution in [1.82, 2.24) is 5.32 Å². The first-order chi connectivity index (χ1) is 56.5. The van der Waals surface area contributed by atoms with E-state index in [0.29, 0.717) is 19.4 Å². The SMILES string of the molecule is CC(C)C(=O)OCCCC(=O)O.CC(C)C(=O)OCCCC(=O)OC(OC(=O)NCC1(CC(=O)O)CCCCC1)C(C)C.CC(C)C(=O)OCCCC(=O)OC(OC(=O)Oc1ccc([N+](=O)[O-])cc1)C(C)C.CC(C)C(Cl)OC(=O)Cl.CC(C)C(Cl)OC(=O)Oc1ccc([N+](=O)[O-])cc1.NCC1(CC(=O)O)CCCCC1.O=[N+]([O-])c1ccc(O)cc1. The van der Waals surface area contributed by atoms with Gasteiger partial charge < -0.3 is 83.6 Å². The zero-order valence-electron chi connectivity index (χ0n) is 70.7. The van der Waals surface area contributed by atoms with Crippen molar-refractivity contribution in [2.75, 3.05) is 32.9 Å². The van der Waals surface area contributed by atoms with Crippen LogP contribution in [0.15, 0.2) is 72.8 Å². The number of phenols is 1. The molecule has 121 heavy (non-hydrogen) atoms. The third-order valence-corrected chi connectivity index (χ3v) is 18.0. The molecule has 0 aromatic heterocycles. The fourth-order valence-electron chi connectivity index (χ4n) is 9.80. The third kappa shape index (κ3) is 55.2. The van der Waals surface area contributed by atoms with E-state index < -0.39 is 97.6 Å². The number of nitrogens with two attached hydrogens (primary N) is 1. The molecular weight excluding hydrogens is 1670 g/mol. The first-order valence-electron chi connectivity index (χ1n) is 39.0. The Balaban J connectivity index is 0. The molecule has 1 amide bonds. The molecule has 2 aliphatic carbocycles. The molecule has 3 aromatic carbocycles. The Bertz CT molecular complexity index is 3670. The van der Waals surface area contributed by atoms with Crippen LogP contribution in [0.25, 0.3) is 0 Å². The number of aromatic hydroxyl groups is 1. The normalized spacial score (nSPS) is 13.7. The lowest BCUT2D eigenvalue weighted by molar-refractivity contribution is -0.385. The van der Waals surface area contributed by atoms with Crippen LogP contribution in [0.2, 0.25) is 0 Å². The number of nitro groups is 3. The summed E-state index contributed by atoms with van der Waals surface area (Å²) in [5.41, 5.74) is 2.56. The van der Waals surface area contributed by atoms with E-state index in [0.717, 1.165) is 57.8 Å². The lowest BCUT2D eigenvalue weighted by Gasteiger charge is -2.36. The number of alkyl carbamates (subject to hydrolysis) is 1. The maximum absolute atomic E-state index is 12.3. The molecule has 2 fully saturated rings. The molecule has 38 nitrogen and oxygen atoms in total. The molecule has 0 aliphatic heterocycles. The van der Waals surface area contributed by atoms with Gasteiger partial charge >= 0.3 is 71.6 Å². The standard InChI is InChI=1S/C22H37NO8.C19H25NO9.C11H12ClNO5.C9H17NO2.C8H14O4.C6H5NO3.C5H8Cl2O2/c1-15(2)19(27)29-12-8-9-18(26)30-20(16(3)4)31-21(28)23-14-22(13-17(24)25)10-6-5-7-11-22;1-12(2)17(22)26-11-5-6-16(21)28-18(13(3)4)29-19(23)27-15-9-7-14(8-10-15)20(24)25;1-7(2)10(12)18-11(14)17-9-5-3-8(4-6-9)13(15)16;10-7-9(6-8(11)12)4-2-1-3-5-9;1-6(2)8(11)12-5-3-4-7(9)10;8-6-3-1-5(2-4-6)7(9)10;1-3(2)4(6)9-5(7)8/h15-16,20H,5-14H2,1-4H3,(H,23,28)(H,24,25);7-10,12-13,18H,5-6,11H2,1-4H3;3-7,10H,1-2H3;1-7,10H2,(H,11,12);6H,3-5H2,1-2H3,(H,9,10);1-4,8H;3-4H,1-2H3. The van der Waals surface area contributed by atoms with Crippen LogP contribution >= 0.6 is 34.8 Å². The zero-order chi connectivity index (χ0) is 92.7. The van der Waals surface area contributed by atoms with Gasteiger partial charge in [0, 0.05) is 97.5 Å². The maximum Gasteiger partial charge on any atom is 0.516 e. The first kappa shape index (κ1) is 113. The Morgan fingerprint density at radius 3 is 1.07 bits per heavy atom. The van der Waals surface area contributed by atoms with Crippen molar-refractivity contribution < 1.29 is 145 Å². The number of rotatable bonds is 37. The molecule has 41 heteroatoms. The highest BCUT2D eigenvalue weighted by Gasteiger charge is 2.36. The van der Waals surface area contributed by atoms with Crippen molar-refractivity contribution in [3.63, 3.8) is 0 Å². The number of nitrogens with zero attached hydrogens (tertiary/aromatic N) is 3. The molecule has 0 saturated heterocycles. The van der Waals surface area contributed by atoms with Crippen LogP contribution in [0.4, 0.5) is 36.2 Å². The van der Waals surface area contributed by atoms with Gasteiger partial charge in [-0.3, -0.25) is 68.7 Å². The van der Waals surface area contributed by atoms with Gasteiger partial charge in [-0.15, -0.1) is 0 Å². The molecule has 2 aliphatic rings. The van der Waals surface area contributed by atoms with E-state index in [1.165, 1.54) is 79.2 Å². The van der Waals surface area contributed by atoms with Crippen LogP contribution in [0.5, 0.6) is 17.2 Å². The Morgan fingerprint density at radius 2 is 0.760 bits per heavy atom. The van der Waals surface area contributed by atoms with Gasteiger partial charge in [0.05, 0.1) is 65.2 Å². The van der Waals surface area contributed by atoms with Gasteiger partial charge in [-0.05, 0) is 98.7 Å². The van der Waals surface area contributed by atoms with Crippen LogP contribution in [-0.2, 0) is 81.0 Å². The quantitative estimate of drug-likeness (QED) is 0.00359. The van der Waals surface area contributed by atoms with Gasteiger partial charge in [-0.1, -0.05) is 159 Å². The van der Waals surface area contributed by atoms with Crippen LogP contribution in [0.1, 0.15) is 213 Å². The van der Waals surface area contributed by atoms with Crippen LogP contribution in [0.3, 0.4) is 0 Å². The average molecular weight is 1780 g/mol. The van der Waals surface area contributed by atoms with Crippen molar-refractivity contribution in [1.29, 1.82) is 0 Å². The highest BCUT2D eigenvalue weighted by Crippen LogP contribution is 2.40. The number of carboxylic acids is 3. The topological polar surface area (TPSA) is 555 Å². The number of esters is 5. The van der Waals surface area contributed by atoms with Crippen molar-refractivity contribution in [3.8, 4) is 17.2 Å². The number of ether oxygens (including phenoxy) is 11. The Morgan fingerprint density at radius 1 is 0.438 bits per heavy atom. The number of carboxylic acid groups (broad SMARTS) is 3. The van der Waals surface area contributed by atoms with Gasteiger partial charge in [0.15, 0.2) is 11.1 Å². The molecular formula is C80H118Cl3N5O33. The number of hydrogen-bond acceptors (Lipinski definition) is 31. The van der Waals surface area contributed by atoms with Crippen LogP contribution in [-0.4, -0.2) is 163 Å². The minimum atomic E-state index is -1.17. The summed E-state index contributed by atoms with van der Waals surface area (Å²) in [5, 5.41) is 68.6. The second-order valence-electron chi connectivity index (χ2n) is 29.9. The molecule has 2 saturated carbocycles. The van der Waals surface area contributed by atoms with E-state index in [1.54, 1.807) is 83.1 Å². The summed E-state index contributed by atoms with van der Waals surface area (Å²) in [4.78, 5) is 164. The molecule has 0 heterocycles. The third-order valence-electron chi connectivity index (χ3n) is 16.7. The fourth-order valence-corrected chi connectivity index (χ4v) is 10.1. The first-order valence-corrected chi connectivity index (χ1v) is 40.3. The number of nitro benzene ring substituents is 3. The molecule has 682 valence electrons. The van der Waals surface area contributed by atoms with Crippen molar-refractivity contribution in [2.45, 2.75) is 236 Å². The van der Waals surface area contributed by atoms with E-state index in [2.05, 4.69) is 10.1 Å². The average Bonchev–Trinajstić information content (AvgIpc) is 0.871. The number of carbonyl (C=O) groups is 12. The highest BCUT2D eigenvalue weighted by atomic mass is 35.5. The fraction of sp³-hybridized carbons (Fsp3) is 0.625. The summed E-state index contributed by atoms with van der Waals surface area (Å²) >= 11 is 16.1. The number of nitrogens with one attached hydrogen (secondary N) is 1. The lowest BCUT2D eigenvalue weighted by atomic mass is 9.72. The van der Waals surface area contributed by atoms with Crippen molar-refractivity contribution in [3.05, 3.63) is 103 Å². The summed E-state index contributed by atoms with van der Waals surface area (Å²) in [5.74, 6) is -5.54. The minimum absolute atomic E-state index is 0.00272. The number of alkyl halides is 2. The van der Waals surface area contributed by atoms with Gasteiger partial charge in [-0.2, -0.15) is 0 Å².